The van der Waals surface area contributed by atoms with Crippen molar-refractivity contribution in [3.05, 3.63) is 58.9 Å². The fourth-order valence-electron chi connectivity index (χ4n) is 2.67. The number of hydrogen-bond donors (Lipinski definition) is 1. The third-order valence-electron chi connectivity index (χ3n) is 3.79. The van der Waals surface area contributed by atoms with Crippen LogP contribution in [0.1, 0.15) is 41.3 Å². The van der Waals surface area contributed by atoms with E-state index in [0.717, 1.165) is 41.7 Å². The average Bonchev–Trinajstić information content (AvgIpc) is 2.53. The molecule has 0 fully saturated rings. The van der Waals surface area contributed by atoms with Crippen LogP contribution in [0.4, 0.5) is 0 Å². The van der Waals surface area contributed by atoms with Crippen molar-refractivity contribution in [1.29, 1.82) is 5.26 Å². The molecule has 106 valence electrons. The number of aliphatic hydroxyl groups is 1. The Bertz CT molecular complexity index is 691. The summed E-state index contributed by atoms with van der Waals surface area (Å²) in [6.07, 6.45) is 4.04. The highest BCUT2D eigenvalue weighted by molar-refractivity contribution is 5.39. The Hall–Kier alpha value is -2.38. The van der Waals surface area contributed by atoms with Crippen LogP contribution in [-0.2, 0) is 13.0 Å². The normalized spacial score (nSPS) is 16.9. The molecule has 1 heterocycles. The lowest BCUT2D eigenvalue weighted by Gasteiger charge is -2.21. The zero-order valence-corrected chi connectivity index (χ0v) is 11.6. The lowest BCUT2D eigenvalue weighted by Crippen LogP contribution is -2.09. The Labute approximate surface area is 123 Å². The van der Waals surface area contributed by atoms with Crippen LogP contribution in [0.5, 0.6) is 5.75 Å². The van der Waals surface area contributed by atoms with E-state index in [4.69, 9.17) is 10.00 Å². The zero-order chi connectivity index (χ0) is 14.7. The minimum atomic E-state index is -0.355. The van der Waals surface area contributed by atoms with Crippen molar-refractivity contribution in [2.24, 2.45) is 0 Å². The maximum absolute atomic E-state index is 9.94. The van der Waals surface area contributed by atoms with Gasteiger partial charge in [-0.15, -0.1) is 0 Å². The summed E-state index contributed by atoms with van der Waals surface area (Å²) in [5.74, 6) is 0.760. The number of hydrogen-bond acceptors (Lipinski definition) is 4. The molecule has 0 saturated carbocycles. The first kappa shape index (κ1) is 13.6. The molecule has 2 aromatic rings. The van der Waals surface area contributed by atoms with Crippen LogP contribution < -0.4 is 4.74 Å². The summed E-state index contributed by atoms with van der Waals surface area (Å²) in [6, 6.07) is 11.5. The number of aromatic nitrogens is 1. The lowest BCUT2D eigenvalue weighted by molar-refractivity contribution is 0.156. The first-order valence-electron chi connectivity index (χ1n) is 7.05. The lowest BCUT2D eigenvalue weighted by atomic mass is 9.89. The summed E-state index contributed by atoms with van der Waals surface area (Å²) in [4.78, 5) is 4.02. The fraction of sp³-hybridized carbons (Fsp3) is 0.294. The molecule has 0 spiro atoms. The standard InChI is InChI=1S/C17H16N2O2/c18-10-16-13(4-2-8-19-16)11-21-14-6-7-15-12(9-14)3-1-5-17(15)20/h2,4,6-9,17,20H,1,3,5,11H2. The Morgan fingerprint density at radius 1 is 1.38 bits per heavy atom. The molecule has 0 saturated heterocycles. The number of fused-ring (bicyclic) bond motifs is 1. The molecular formula is C17H16N2O2. The second kappa shape index (κ2) is 5.94. The molecule has 0 bridgehead atoms. The molecule has 4 heteroatoms. The van der Waals surface area contributed by atoms with Gasteiger partial charge in [-0.1, -0.05) is 12.1 Å². The minimum Gasteiger partial charge on any atom is -0.489 e. The smallest absolute Gasteiger partial charge is 0.147 e. The Morgan fingerprint density at radius 2 is 2.29 bits per heavy atom. The van der Waals surface area contributed by atoms with Crippen LogP contribution in [0, 0.1) is 11.3 Å². The summed E-state index contributed by atoms with van der Waals surface area (Å²) in [5, 5.41) is 19.0. The highest BCUT2D eigenvalue weighted by Crippen LogP contribution is 2.32. The van der Waals surface area contributed by atoms with E-state index in [-0.39, 0.29) is 6.10 Å². The minimum absolute atomic E-state index is 0.318. The molecule has 1 N–H and O–H groups in total. The van der Waals surface area contributed by atoms with Gasteiger partial charge in [-0.2, -0.15) is 5.26 Å². The van der Waals surface area contributed by atoms with Gasteiger partial charge < -0.3 is 9.84 Å². The number of rotatable bonds is 3. The van der Waals surface area contributed by atoms with Gasteiger partial charge >= 0.3 is 0 Å². The predicted molar refractivity (Wildman–Crippen MR) is 77.6 cm³/mol. The van der Waals surface area contributed by atoms with Crippen molar-refractivity contribution in [2.45, 2.75) is 32.0 Å². The summed E-state index contributed by atoms with van der Waals surface area (Å²) in [6.45, 7) is 0.318. The van der Waals surface area contributed by atoms with E-state index in [0.29, 0.717) is 12.3 Å². The first-order valence-corrected chi connectivity index (χ1v) is 7.05. The quantitative estimate of drug-likeness (QED) is 0.938. The van der Waals surface area contributed by atoms with Gasteiger partial charge in [-0.3, -0.25) is 0 Å². The van der Waals surface area contributed by atoms with Gasteiger partial charge in [0, 0.05) is 11.8 Å². The summed E-state index contributed by atoms with van der Waals surface area (Å²) < 4.78 is 5.76. The van der Waals surface area contributed by atoms with Crippen molar-refractivity contribution in [1.82, 2.24) is 4.98 Å². The second-order valence-electron chi connectivity index (χ2n) is 5.18. The highest BCUT2D eigenvalue weighted by atomic mass is 16.5. The maximum atomic E-state index is 9.94. The molecule has 1 aromatic heterocycles. The van der Waals surface area contributed by atoms with Gasteiger partial charge in [0.1, 0.15) is 24.1 Å². The number of nitriles is 1. The SMILES string of the molecule is N#Cc1ncccc1COc1ccc2c(c1)CCCC2O. The Kier molecular flexibility index (Phi) is 3.85. The Morgan fingerprint density at radius 3 is 3.14 bits per heavy atom. The van der Waals surface area contributed by atoms with Crippen LogP contribution in [0.3, 0.4) is 0 Å². The molecule has 0 aliphatic heterocycles. The summed E-state index contributed by atoms with van der Waals surface area (Å²) in [5.41, 5.74) is 3.33. The van der Waals surface area contributed by atoms with E-state index in [1.54, 1.807) is 12.3 Å². The predicted octanol–water partition coefficient (Wildman–Crippen LogP) is 2.90. The van der Waals surface area contributed by atoms with E-state index in [1.807, 2.05) is 24.3 Å². The van der Waals surface area contributed by atoms with Gasteiger partial charge in [0.15, 0.2) is 0 Å². The highest BCUT2D eigenvalue weighted by Gasteiger charge is 2.18. The van der Waals surface area contributed by atoms with Crippen LogP contribution in [0.25, 0.3) is 0 Å². The van der Waals surface area contributed by atoms with Crippen LogP contribution in [0.15, 0.2) is 36.5 Å². The third kappa shape index (κ3) is 2.88. The van der Waals surface area contributed by atoms with E-state index in [1.165, 1.54) is 0 Å². The fourth-order valence-corrected chi connectivity index (χ4v) is 2.67. The molecule has 0 amide bonds. The molecule has 1 aliphatic carbocycles. The first-order chi connectivity index (χ1) is 10.3. The van der Waals surface area contributed by atoms with Gasteiger partial charge in [-0.05, 0) is 48.6 Å². The number of nitrogens with zero attached hydrogens (tertiary/aromatic N) is 2. The topological polar surface area (TPSA) is 66.1 Å². The van der Waals surface area contributed by atoms with Crippen LogP contribution in [0.2, 0.25) is 0 Å². The van der Waals surface area contributed by atoms with Gasteiger partial charge in [0.2, 0.25) is 0 Å². The third-order valence-corrected chi connectivity index (χ3v) is 3.79. The summed E-state index contributed by atoms with van der Waals surface area (Å²) in [7, 11) is 0. The zero-order valence-electron chi connectivity index (χ0n) is 11.6. The van der Waals surface area contributed by atoms with Crippen LogP contribution >= 0.6 is 0 Å². The van der Waals surface area contributed by atoms with E-state index < -0.39 is 0 Å². The largest absolute Gasteiger partial charge is 0.489 e. The molecule has 1 aromatic carbocycles. The molecule has 21 heavy (non-hydrogen) atoms. The van der Waals surface area contributed by atoms with Gasteiger partial charge in [0.05, 0.1) is 6.10 Å². The van der Waals surface area contributed by atoms with Crippen LogP contribution in [-0.4, -0.2) is 10.1 Å². The van der Waals surface area contributed by atoms with Gasteiger partial charge in [0.25, 0.3) is 0 Å². The molecule has 4 nitrogen and oxygen atoms in total. The number of aryl methyl sites for hydroxylation is 1. The van der Waals surface area contributed by atoms with Gasteiger partial charge in [-0.25, -0.2) is 4.98 Å². The summed E-state index contributed by atoms with van der Waals surface area (Å²) >= 11 is 0. The van der Waals surface area contributed by atoms with Crippen molar-refractivity contribution in [2.75, 3.05) is 0 Å². The number of ether oxygens (including phenoxy) is 1. The monoisotopic (exact) mass is 280 g/mol. The van der Waals surface area contributed by atoms with Crippen molar-refractivity contribution in [3.63, 3.8) is 0 Å². The average molecular weight is 280 g/mol. The molecule has 1 atom stereocenters. The van der Waals surface area contributed by atoms with E-state index >= 15 is 0 Å². The van der Waals surface area contributed by atoms with E-state index in [9.17, 15) is 5.11 Å². The molecular weight excluding hydrogens is 264 g/mol. The van der Waals surface area contributed by atoms with Crippen molar-refractivity contribution in [3.8, 4) is 11.8 Å². The molecule has 1 unspecified atom stereocenters. The molecule has 0 radical (unpaired) electrons. The van der Waals surface area contributed by atoms with Crippen molar-refractivity contribution >= 4 is 0 Å². The second-order valence-corrected chi connectivity index (χ2v) is 5.18. The van der Waals surface area contributed by atoms with Crippen molar-refractivity contribution < 1.29 is 9.84 Å². The molecule has 3 rings (SSSR count). The maximum Gasteiger partial charge on any atom is 0.147 e. The Balaban J connectivity index is 1.76. The number of aliphatic hydroxyl groups excluding tert-OH is 1. The number of pyridine rings is 1. The molecule has 1 aliphatic rings. The van der Waals surface area contributed by atoms with E-state index in [2.05, 4.69) is 11.1 Å². The number of benzene rings is 1.